The van der Waals surface area contributed by atoms with Crippen molar-refractivity contribution in [1.82, 2.24) is 4.90 Å². The van der Waals surface area contributed by atoms with Crippen LogP contribution >= 0.6 is 0 Å². The van der Waals surface area contributed by atoms with Crippen LogP contribution in [0, 0.1) is 0 Å². The zero-order valence-corrected chi connectivity index (χ0v) is 16.3. The van der Waals surface area contributed by atoms with Crippen LogP contribution in [0.25, 0.3) is 0 Å². The zero-order chi connectivity index (χ0) is 20.6. The van der Waals surface area contributed by atoms with E-state index in [0.717, 1.165) is 11.2 Å². The highest BCUT2D eigenvalue weighted by Crippen LogP contribution is 2.42. The Morgan fingerprint density at radius 1 is 1.29 bits per heavy atom. The zero-order valence-electron chi connectivity index (χ0n) is 15.5. The Hall–Kier alpha value is -2.78. The molecule has 0 radical (unpaired) electrons. The fourth-order valence-electron chi connectivity index (χ4n) is 3.39. The highest BCUT2D eigenvalue weighted by molar-refractivity contribution is 7.90. The molecule has 1 amide bonds. The summed E-state index contributed by atoms with van der Waals surface area (Å²) in [6.07, 6.45) is -0.291. The molecule has 2 aromatic rings. The van der Waals surface area contributed by atoms with Gasteiger partial charge in [0.2, 0.25) is 0 Å². The molecule has 1 aliphatic heterocycles. The molecule has 0 saturated heterocycles. The second kappa shape index (κ2) is 7.33. The van der Waals surface area contributed by atoms with Crippen molar-refractivity contribution in [2.45, 2.75) is 19.2 Å². The first-order valence-corrected chi connectivity index (χ1v) is 10.7. The molecular formula is C19H22N2O6S. The normalized spacial score (nSPS) is 17.5. The Kier molecular flexibility index (Phi) is 5.22. The number of rotatable bonds is 6. The lowest BCUT2D eigenvalue weighted by Gasteiger charge is -2.31. The van der Waals surface area contributed by atoms with E-state index in [1.54, 1.807) is 25.1 Å². The second-order valence-electron chi connectivity index (χ2n) is 6.67. The van der Waals surface area contributed by atoms with Gasteiger partial charge < -0.3 is 25.6 Å². The number of nitrogens with zero attached hydrogens (tertiary/aromatic N) is 1. The topological polar surface area (TPSA) is 130 Å². The van der Waals surface area contributed by atoms with E-state index in [-0.39, 0.29) is 22.7 Å². The first kappa shape index (κ1) is 20.0. The number of anilines is 1. The average Bonchev–Trinajstić information content (AvgIpc) is 2.86. The van der Waals surface area contributed by atoms with Gasteiger partial charge in [-0.25, -0.2) is 8.42 Å². The summed E-state index contributed by atoms with van der Waals surface area (Å²) in [4.78, 5) is 14.1. The van der Waals surface area contributed by atoms with E-state index in [0.29, 0.717) is 17.7 Å². The summed E-state index contributed by atoms with van der Waals surface area (Å²) in [5.41, 5.74) is 7.02. The summed E-state index contributed by atoms with van der Waals surface area (Å²) in [7, 11) is -3.53. The van der Waals surface area contributed by atoms with Crippen molar-refractivity contribution in [3.8, 4) is 11.5 Å². The minimum Gasteiger partial charge on any atom is -0.504 e. The Morgan fingerprint density at radius 2 is 2.00 bits per heavy atom. The summed E-state index contributed by atoms with van der Waals surface area (Å²) in [6, 6.07) is 8.09. The molecule has 3 rings (SSSR count). The number of amides is 1. The van der Waals surface area contributed by atoms with Gasteiger partial charge in [-0.1, -0.05) is 18.2 Å². The Labute approximate surface area is 163 Å². The van der Waals surface area contributed by atoms with Crippen molar-refractivity contribution < 1.29 is 28.2 Å². The number of hydrogen-bond acceptors (Lipinski definition) is 7. The summed E-state index contributed by atoms with van der Waals surface area (Å²) in [6.45, 7) is 2.04. The number of phenolic OH excluding ortho intramolecular Hbond substituents is 1. The lowest BCUT2D eigenvalue weighted by atomic mass is 10.1. The molecule has 0 aliphatic carbocycles. The van der Waals surface area contributed by atoms with Crippen molar-refractivity contribution in [2.24, 2.45) is 0 Å². The molecule has 8 nitrogen and oxygen atoms in total. The Morgan fingerprint density at radius 3 is 2.61 bits per heavy atom. The number of aromatic hydroxyl groups is 1. The number of carbonyl (C=O) groups is 1. The predicted octanol–water partition coefficient (Wildman–Crippen LogP) is 1.61. The molecule has 0 spiro atoms. The fourth-order valence-corrected chi connectivity index (χ4v) is 4.31. The largest absolute Gasteiger partial charge is 0.504 e. The lowest BCUT2D eigenvalue weighted by molar-refractivity contribution is 0.000319. The van der Waals surface area contributed by atoms with Crippen LogP contribution in [0.5, 0.6) is 11.5 Å². The number of carbonyl (C=O) groups excluding carboxylic acids is 1. The minimum atomic E-state index is -3.53. The van der Waals surface area contributed by atoms with E-state index in [2.05, 4.69) is 0 Å². The smallest absolute Gasteiger partial charge is 0.259 e. The van der Waals surface area contributed by atoms with Crippen LogP contribution in [0.3, 0.4) is 0 Å². The number of benzene rings is 2. The predicted molar refractivity (Wildman–Crippen MR) is 104 cm³/mol. The molecule has 2 atom stereocenters. The third-order valence-electron chi connectivity index (χ3n) is 4.58. The number of aliphatic hydroxyl groups excluding tert-OH is 1. The number of hydrogen-bond donors (Lipinski definition) is 3. The van der Waals surface area contributed by atoms with Gasteiger partial charge in [0.05, 0.1) is 24.0 Å². The molecule has 9 heteroatoms. The summed E-state index contributed by atoms with van der Waals surface area (Å²) >= 11 is 0. The van der Waals surface area contributed by atoms with Crippen LogP contribution in [0.1, 0.15) is 40.7 Å². The van der Waals surface area contributed by atoms with E-state index in [4.69, 9.17) is 10.5 Å². The summed E-state index contributed by atoms with van der Waals surface area (Å²) < 4.78 is 29.5. The van der Waals surface area contributed by atoms with Gasteiger partial charge in [-0.05, 0) is 30.7 Å². The van der Waals surface area contributed by atoms with Gasteiger partial charge in [0.25, 0.3) is 5.91 Å². The van der Waals surface area contributed by atoms with E-state index in [1.807, 2.05) is 0 Å². The molecule has 0 fully saturated rings. The van der Waals surface area contributed by atoms with Gasteiger partial charge in [-0.3, -0.25) is 4.79 Å². The number of aliphatic hydroxyl groups is 1. The van der Waals surface area contributed by atoms with E-state index in [9.17, 15) is 23.4 Å². The van der Waals surface area contributed by atoms with Crippen LogP contribution in [0.2, 0.25) is 0 Å². The quantitative estimate of drug-likeness (QED) is 0.621. The monoisotopic (exact) mass is 406 g/mol. The number of fused-ring (bicyclic) bond motifs is 1. The third-order valence-corrected chi connectivity index (χ3v) is 5.51. The Balaban J connectivity index is 2.11. The van der Waals surface area contributed by atoms with Crippen molar-refractivity contribution >= 4 is 21.4 Å². The summed E-state index contributed by atoms with van der Waals surface area (Å²) in [5, 5.41) is 20.7. The molecule has 1 heterocycles. The molecule has 0 bridgehead atoms. The molecule has 1 aliphatic rings. The second-order valence-corrected chi connectivity index (χ2v) is 8.85. The maximum atomic E-state index is 13.0. The van der Waals surface area contributed by atoms with Crippen LogP contribution in [-0.4, -0.2) is 48.1 Å². The van der Waals surface area contributed by atoms with Gasteiger partial charge in [0.15, 0.2) is 17.7 Å². The minimum absolute atomic E-state index is 0.107. The van der Waals surface area contributed by atoms with Crippen molar-refractivity contribution in [1.29, 1.82) is 0 Å². The number of nitrogen functional groups attached to an aromatic ring is 1. The molecule has 2 aromatic carbocycles. The maximum absolute atomic E-state index is 13.0. The first-order valence-electron chi connectivity index (χ1n) is 8.66. The molecule has 28 heavy (non-hydrogen) atoms. The van der Waals surface area contributed by atoms with Crippen LogP contribution in [0.15, 0.2) is 36.4 Å². The third kappa shape index (κ3) is 3.63. The highest BCUT2D eigenvalue weighted by Gasteiger charge is 2.42. The van der Waals surface area contributed by atoms with Gasteiger partial charge in [-0.2, -0.15) is 0 Å². The lowest BCUT2D eigenvalue weighted by Crippen LogP contribution is -2.36. The van der Waals surface area contributed by atoms with Gasteiger partial charge in [0, 0.05) is 17.5 Å². The summed E-state index contributed by atoms with van der Waals surface area (Å²) in [5.74, 6) is -0.915. The van der Waals surface area contributed by atoms with Crippen molar-refractivity contribution in [3.63, 3.8) is 0 Å². The fraction of sp³-hybridized carbons (Fsp3) is 0.316. The van der Waals surface area contributed by atoms with Crippen LogP contribution < -0.4 is 10.5 Å². The Bertz CT molecular complexity index is 1020. The molecular weight excluding hydrogens is 384 g/mol. The SMILES string of the molecule is CCOc1cc([C@@H](CS(C)(=O)=O)N2C(=O)c3c(N)cccc3C2O)ccc1O. The molecule has 0 saturated carbocycles. The van der Waals surface area contributed by atoms with Crippen LogP contribution in [-0.2, 0) is 9.84 Å². The average molecular weight is 406 g/mol. The molecule has 150 valence electrons. The van der Waals surface area contributed by atoms with E-state index in [1.165, 1.54) is 18.2 Å². The number of phenols is 1. The van der Waals surface area contributed by atoms with Gasteiger partial charge in [-0.15, -0.1) is 0 Å². The molecule has 0 aromatic heterocycles. The number of sulfone groups is 1. The highest BCUT2D eigenvalue weighted by atomic mass is 32.2. The molecule has 4 N–H and O–H groups in total. The first-order chi connectivity index (χ1) is 13.1. The van der Waals surface area contributed by atoms with Crippen molar-refractivity contribution in [3.05, 3.63) is 53.1 Å². The number of nitrogens with two attached hydrogens (primary N) is 1. The number of ether oxygens (including phenoxy) is 1. The van der Waals surface area contributed by atoms with Crippen LogP contribution in [0.4, 0.5) is 5.69 Å². The van der Waals surface area contributed by atoms with E-state index < -0.39 is 33.8 Å². The van der Waals surface area contributed by atoms with Crippen molar-refractivity contribution in [2.75, 3.05) is 24.3 Å². The molecule has 1 unspecified atom stereocenters. The van der Waals surface area contributed by atoms with E-state index >= 15 is 0 Å². The standard InChI is InChI=1S/C19H22N2O6S/c1-3-27-16-9-11(7-8-15(16)22)14(10-28(2,25)26)21-18(23)12-5-4-6-13(20)17(12)19(21)24/h4-9,14,18,22-23H,3,10,20H2,1-2H3/t14-,18?/m1/s1. The maximum Gasteiger partial charge on any atom is 0.259 e. The van der Waals surface area contributed by atoms with Gasteiger partial charge >= 0.3 is 0 Å². The van der Waals surface area contributed by atoms with Gasteiger partial charge in [0.1, 0.15) is 9.84 Å².